The molecule has 0 aliphatic heterocycles. The van der Waals surface area contributed by atoms with Crippen LogP contribution in [-0.2, 0) is 0 Å². The molecule has 1 aromatic heterocycles. The number of nitrogens with zero attached hydrogens (tertiary/aromatic N) is 2. The van der Waals surface area contributed by atoms with Crippen LogP contribution in [0, 0.1) is 27.7 Å². The smallest absolute Gasteiger partial charge is 0.280 e. The number of para-hydroxylation sites is 1. The summed E-state index contributed by atoms with van der Waals surface area (Å²) in [5.41, 5.74) is 6.23. The van der Waals surface area contributed by atoms with Gasteiger partial charge in [-0.3, -0.25) is 14.9 Å². The van der Waals surface area contributed by atoms with E-state index in [-0.39, 0.29) is 5.56 Å². The monoisotopic (exact) mass is 397 g/mol. The average Bonchev–Trinajstić information content (AvgIpc) is 2.85. The Morgan fingerprint density at radius 3 is 2.36 bits per heavy atom. The molecule has 25 heavy (non-hydrogen) atoms. The van der Waals surface area contributed by atoms with Crippen LogP contribution in [0.2, 0.25) is 0 Å². The van der Waals surface area contributed by atoms with Gasteiger partial charge in [0.05, 0.1) is 16.9 Å². The molecule has 0 unspecified atom stereocenters. The van der Waals surface area contributed by atoms with Crippen molar-refractivity contribution in [2.75, 3.05) is 0 Å². The van der Waals surface area contributed by atoms with Crippen molar-refractivity contribution in [2.45, 2.75) is 27.7 Å². The molecule has 0 aliphatic carbocycles. The van der Waals surface area contributed by atoms with Crippen LogP contribution in [0.4, 0.5) is 5.69 Å². The van der Waals surface area contributed by atoms with Crippen LogP contribution < -0.4 is 5.56 Å². The largest absolute Gasteiger partial charge is 0.295 e. The zero-order chi connectivity index (χ0) is 18.1. The van der Waals surface area contributed by atoms with Crippen molar-refractivity contribution < 1.29 is 0 Å². The molecule has 0 saturated carbocycles. The number of hydrogen-bond acceptors (Lipinski definition) is 2. The maximum absolute atomic E-state index is 12.8. The minimum Gasteiger partial charge on any atom is -0.295 e. The number of nitrogens with one attached hydrogen (secondary N) is 1. The van der Waals surface area contributed by atoms with Crippen LogP contribution in [0.3, 0.4) is 0 Å². The second-order valence-electron chi connectivity index (χ2n) is 6.22. The molecule has 5 heteroatoms. The molecule has 0 bridgehead atoms. The minimum atomic E-state index is -0.103. The maximum Gasteiger partial charge on any atom is 0.280 e. The molecule has 3 aromatic rings. The normalized spacial score (nSPS) is 11.4. The highest BCUT2D eigenvalue weighted by molar-refractivity contribution is 9.10. The fourth-order valence-corrected chi connectivity index (χ4v) is 3.05. The second-order valence-corrected chi connectivity index (χ2v) is 7.08. The Hall–Kier alpha value is -2.40. The molecule has 3 rings (SSSR count). The van der Waals surface area contributed by atoms with Gasteiger partial charge in [0.15, 0.2) is 0 Å². The summed E-state index contributed by atoms with van der Waals surface area (Å²) in [4.78, 5) is 17.4. The quantitative estimate of drug-likeness (QED) is 0.626. The maximum atomic E-state index is 12.8. The van der Waals surface area contributed by atoms with Crippen molar-refractivity contribution in [1.82, 2.24) is 9.78 Å². The van der Waals surface area contributed by atoms with Crippen molar-refractivity contribution in [1.29, 1.82) is 0 Å². The number of aryl methyl sites for hydroxylation is 4. The summed E-state index contributed by atoms with van der Waals surface area (Å²) < 4.78 is 2.57. The highest BCUT2D eigenvalue weighted by atomic mass is 79.9. The highest BCUT2D eigenvalue weighted by Crippen LogP contribution is 2.23. The molecule has 0 atom stereocenters. The van der Waals surface area contributed by atoms with E-state index in [9.17, 15) is 4.79 Å². The molecule has 0 radical (unpaired) electrons. The number of rotatable bonds is 3. The van der Waals surface area contributed by atoms with E-state index in [1.54, 1.807) is 10.9 Å². The van der Waals surface area contributed by atoms with E-state index in [0.717, 1.165) is 38.2 Å². The standard InChI is InChI=1S/C20H20BrN3O/c1-12-6-5-7-13(2)19(12)22-11-17-15(4)23-24(20(17)25)16-8-9-18(21)14(3)10-16/h5-11,23H,1-4H3. The summed E-state index contributed by atoms with van der Waals surface area (Å²) in [6.07, 6.45) is 1.66. The van der Waals surface area contributed by atoms with Gasteiger partial charge in [-0.2, -0.15) is 0 Å². The minimum absolute atomic E-state index is 0.103. The van der Waals surface area contributed by atoms with Gasteiger partial charge in [0.1, 0.15) is 0 Å². The van der Waals surface area contributed by atoms with Gasteiger partial charge in [-0.15, -0.1) is 0 Å². The van der Waals surface area contributed by atoms with Crippen LogP contribution in [0.5, 0.6) is 0 Å². The first-order valence-corrected chi connectivity index (χ1v) is 8.86. The topological polar surface area (TPSA) is 50.1 Å². The van der Waals surface area contributed by atoms with Gasteiger partial charge < -0.3 is 0 Å². The highest BCUT2D eigenvalue weighted by Gasteiger charge is 2.11. The zero-order valence-electron chi connectivity index (χ0n) is 14.7. The van der Waals surface area contributed by atoms with E-state index < -0.39 is 0 Å². The van der Waals surface area contributed by atoms with Crippen LogP contribution in [0.25, 0.3) is 5.69 Å². The van der Waals surface area contributed by atoms with Crippen LogP contribution in [0.1, 0.15) is 27.9 Å². The van der Waals surface area contributed by atoms with E-state index >= 15 is 0 Å². The third kappa shape index (κ3) is 3.37. The third-order valence-electron chi connectivity index (χ3n) is 4.28. The van der Waals surface area contributed by atoms with E-state index in [0.29, 0.717) is 5.56 Å². The molecule has 0 saturated heterocycles. The summed E-state index contributed by atoms with van der Waals surface area (Å²) >= 11 is 3.49. The lowest BCUT2D eigenvalue weighted by molar-refractivity contribution is 0.834. The molecule has 0 spiro atoms. The van der Waals surface area contributed by atoms with Gasteiger partial charge in [0.25, 0.3) is 5.56 Å². The SMILES string of the molecule is Cc1cc(-n2[nH]c(C)c(C=Nc3c(C)cccc3C)c2=O)ccc1Br. The molecule has 1 heterocycles. The van der Waals surface area contributed by atoms with Gasteiger partial charge in [-0.1, -0.05) is 34.1 Å². The molecule has 4 nitrogen and oxygen atoms in total. The van der Waals surface area contributed by atoms with E-state index in [2.05, 4.69) is 26.0 Å². The van der Waals surface area contributed by atoms with Crippen molar-refractivity contribution in [2.24, 2.45) is 4.99 Å². The van der Waals surface area contributed by atoms with Gasteiger partial charge in [0.2, 0.25) is 0 Å². The number of benzene rings is 2. The molecule has 2 aromatic carbocycles. The molecule has 0 amide bonds. The van der Waals surface area contributed by atoms with Crippen molar-refractivity contribution >= 4 is 27.8 Å². The fourth-order valence-electron chi connectivity index (χ4n) is 2.80. The van der Waals surface area contributed by atoms with E-state index in [1.165, 1.54) is 0 Å². The number of hydrogen-bond donors (Lipinski definition) is 1. The molecule has 0 aliphatic rings. The zero-order valence-corrected chi connectivity index (χ0v) is 16.3. The first-order chi connectivity index (χ1) is 11.9. The first kappa shape index (κ1) is 17.4. The average molecular weight is 398 g/mol. The van der Waals surface area contributed by atoms with Crippen LogP contribution in [-0.4, -0.2) is 16.0 Å². The Balaban J connectivity index is 2.05. The summed E-state index contributed by atoms with van der Waals surface area (Å²) in [6, 6.07) is 11.9. The Morgan fingerprint density at radius 2 is 1.72 bits per heavy atom. The van der Waals surface area contributed by atoms with Crippen LogP contribution in [0.15, 0.2) is 50.7 Å². The molecule has 128 valence electrons. The Bertz CT molecular complexity index is 1010. The molecule has 0 fully saturated rings. The number of aromatic amines is 1. The summed E-state index contributed by atoms with van der Waals surface area (Å²) in [6.45, 7) is 7.92. The van der Waals surface area contributed by atoms with Gasteiger partial charge >= 0.3 is 0 Å². The van der Waals surface area contributed by atoms with E-state index in [4.69, 9.17) is 0 Å². The first-order valence-electron chi connectivity index (χ1n) is 8.07. The molecule has 1 N–H and O–H groups in total. The molecular weight excluding hydrogens is 378 g/mol. The summed E-state index contributed by atoms with van der Waals surface area (Å²) in [5, 5.41) is 3.14. The van der Waals surface area contributed by atoms with Crippen LogP contribution >= 0.6 is 15.9 Å². The molecular formula is C20H20BrN3O. The Labute approximate surface area is 155 Å². The Morgan fingerprint density at radius 1 is 1.04 bits per heavy atom. The lowest BCUT2D eigenvalue weighted by Crippen LogP contribution is -2.17. The third-order valence-corrected chi connectivity index (χ3v) is 5.17. The van der Waals surface area contributed by atoms with Gasteiger partial charge in [-0.05, 0) is 62.6 Å². The second kappa shape index (κ2) is 6.84. The van der Waals surface area contributed by atoms with Crippen molar-refractivity contribution in [3.8, 4) is 5.69 Å². The number of aliphatic imine (C=N–C) groups is 1. The predicted molar refractivity (Wildman–Crippen MR) is 107 cm³/mol. The number of aromatic nitrogens is 2. The lowest BCUT2D eigenvalue weighted by Gasteiger charge is -2.04. The number of halogens is 1. The van der Waals surface area contributed by atoms with Crippen molar-refractivity contribution in [3.05, 3.63) is 79.2 Å². The summed E-state index contributed by atoms with van der Waals surface area (Å²) in [5.74, 6) is 0. The predicted octanol–water partition coefficient (Wildman–Crippen LogP) is 4.91. The Kier molecular flexibility index (Phi) is 4.77. The summed E-state index contributed by atoms with van der Waals surface area (Å²) in [7, 11) is 0. The lowest BCUT2D eigenvalue weighted by atomic mass is 10.1. The van der Waals surface area contributed by atoms with E-state index in [1.807, 2.05) is 64.1 Å². The van der Waals surface area contributed by atoms with Crippen molar-refractivity contribution in [3.63, 3.8) is 0 Å². The number of H-pyrrole nitrogens is 1. The van der Waals surface area contributed by atoms with Gasteiger partial charge in [0, 0.05) is 16.4 Å². The van der Waals surface area contributed by atoms with Gasteiger partial charge in [-0.25, -0.2) is 4.68 Å². The fraction of sp³-hybridized carbons (Fsp3) is 0.200.